The number of nitrogen functional groups attached to an aromatic ring is 1. The molecular weight excluding hydrogens is 227 g/mol. The maximum absolute atomic E-state index is 13.4. The molecule has 0 fully saturated rings. The third-order valence-corrected chi connectivity index (χ3v) is 2.47. The molecule has 0 atom stereocenters. The summed E-state index contributed by atoms with van der Waals surface area (Å²) in [6.07, 6.45) is 0. The fourth-order valence-corrected chi connectivity index (χ4v) is 1.73. The van der Waals surface area contributed by atoms with Crippen LogP contribution in [0.25, 0.3) is 10.9 Å². The molecule has 0 amide bonds. The van der Waals surface area contributed by atoms with Crippen molar-refractivity contribution in [2.75, 3.05) is 20.0 Å². The van der Waals surface area contributed by atoms with Gasteiger partial charge in [-0.05, 0) is 6.07 Å². The smallest absolute Gasteiger partial charge is 0.342 e. The van der Waals surface area contributed by atoms with Crippen LogP contribution in [-0.2, 0) is 4.74 Å². The third-order valence-electron chi connectivity index (χ3n) is 2.47. The molecule has 2 rings (SSSR count). The van der Waals surface area contributed by atoms with Gasteiger partial charge in [0.25, 0.3) is 0 Å². The minimum Gasteiger partial charge on any atom is -0.494 e. The van der Waals surface area contributed by atoms with Crippen LogP contribution in [0.15, 0.2) is 12.1 Å². The van der Waals surface area contributed by atoms with Gasteiger partial charge in [-0.2, -0.15) is 0 Å². The number of fused-ring (bicyclic) bond motifs is 1. The standard InChI is InChI=1S/C11H11FN2O3/c1-16-7-4-5(12)3-6-8(11(15)17-2)10(13)14-9(6)7/h3-4,14H,13H2,1-2H3. The van der Waals surface area contributed by atoms with E-state index < -0.39 is 11.8 Å². The lowest BCUT2D eigenvalue weighted by Crippen LogP contribution is -2.03. The van der Waals surface area contributed by atoms with Crippen molar-refractivity contribution in [3.8, 4) is 5.75 Å². The topological polar surface area (TPSA) is 77.3 Å². The summed E-state index contributed by atoms with van der Waals surface area (Å²) in [4.78, 5) is 14.3. The van der Waals surface area contributed by atoms with Gasteiger partial charge in [0.2, 0.25) is 0 Å². The molecule has 90 valence electrons. The van der Waals surface area contributed by atoms with Gasteiger partial charge in [-0.3, -0.25) is 0 Å². The average molecular weight is 238 g/mol. The molecule has 5 nitrogen and oxygen atoms in total. The Hall–Kier alpha value is -2.24. The number of hydrogen-bond donors (Lipinski definition) is 2. The van der Waals surface area contributed by atoms with Crippen molar-refractivity contribution in [3.05, 3.63) is 23.5 Å². The van der Waals surface area contributed by atoms with Crippen molar-refractivity contribution in [2.24, 2.45) is 0 Å². The highest BCUT2D eigenvalue weighted by molar-refractivity contribution is 6.10. The van der Waals surface area contributed by atoms with E-state index in [0.717, 1.165) is 0 Å². The highest BCUT2D eigenvalue weighted by atomic mass is 19.1. The lowest BCUT2D eigenvalue weighted by atomic mass is 10.1. The normalized spacial score (nSPS) is 10.5. The molecule has 0 saturated heterocycles. The van der Waals surface area contributed by atoms with Crippen molar-refractivity contribution in [1.82, 2.24) is 4.98 Å². The number of aromatic nitrogens is 1. The summed E-state index contributed by atoms with van der Waals surface area (Å²) in [5, 5.41) is 0.339. The Kier molecular flexibility index (Phi) is 2.63. The van der Waals surface area contributed by atoms with Crippen molar-refractivity contribution in [2.45, 2.75) is 0 Å². The van der Waals surface area contributed by atoms with E-state index in [0.29, 0.717) is 10.9 Å². The number of hydrogen-bond acceptors (Lipinski definition) is 4. The summed E-state index contributed by atoms with van der Waals surface area (Å²) in [5.74, 6) is -0.738. The molecule has 0 saturated carbocycles. The lowest BCUT2D eigenvalue weighted by Gasteiger charge is -2.02. The van der Waals surface area contributed by atoms with E-state index in [1.807, 2.05) is 0 Å². The second-order valence-corrected chi connectivity index (χ2v) is 3.44. The first-order chi connectivity index (χ1) is 8.08. The van der Waals surface area contributed by atoms with E-state index in [1.54, 1.807) is 0 Å². The highest BCUT2D eigenvalue weighted by Gasteiger charge is 2.20. The van der Waals surface area contributed by atoms with Crippen LogP contribution in [0, 0.1) is 5.82 Å². The Balaban J connectivity index is 2.81. The van der Waals surface area contributed by atoms with Crippen molar-refractivity contribution in [1.29, 1.82) is 0 Å². The van der Waals surface area contributed by atoms with Gasteiger partial charge in [-0.1, -0.05) is 0 Å². The molecule has 0 aliphatic rings. The van der Waals surface area contributed by atoms with E-state index in [4.69, 9.17) is 10.5 Å². The summed E-state index contributed by atoms with van der Waals surface area (Å²) in [6, 6.07) is 2.41. The molecule has 0 bridgehead atoms. The van der Waals surface area contributed by atoms with Crippen LogP contribution in [0.4, 0.5) is 10.2 Å². The molecule has 1 heterocycles. The number of nitrogens with one attached hydrogen (secondary N) is 1. The van der Waals surface area contributed by atoms with Gasteiger partial charge in [-0.25, -0.2) is 9.18 Å². The van der Waals surface area contributed by atoms with Gasteiger partial charge in [0.05, 0.1) is 19.7 Å². The fourth-order valence-electron chi connectivity index (χ4n) is 1.73. The molecule has 17 heavy (non-hydrogen) atoms. The highest BCUT2D eigenvalue weighted by Crippen LogP contribution is 2.32. The van der Waals surface area contributed by atoms with E-state index >= 15 is 0 Å². The minimum absolute atomic E-state index is 0.111. The molecule has 3 N–H and O–H groups in total. The van der Waals surface area contributed by atoms with Crippen LogP contribution < -0.4 is 10.5 Å². The van der Waals surface area contributed by atoms with Crippen molar-refractivity contribution < 1.29 is 18.7 Å². The number of anilines is 1. The van der Waals surface area contributed by atoms with Crippen molar-refractivity contribution in [3.63, 3.8) is 0 Å². The zero-order chi connectivity index (χ0) is 12.6. The Morgan fingerprint density at radius 2 is 2.12 bits per heavy atom. The number of benzene rings is 1. The van der Waals surface area contributed by atoms with E-state index in [2.05, 4.69) is 9.72 Å². The van der Waals surface area contributed by atoms with Crippen LogP contribution in [0.3, 0.4) is 0 Å². The quantitative estimate of drug-likeness (QED) is 0.780. The Morgan fingerprint density at radius 1 is 1.41 bits per heavy atom. The van der Waals surface area contributed by atoms with Gasteiger partial charge in [0.1, 0.15) is 22.9 Å². The summed E-state index contributed by atoms with van der Waals surface area (Å²) in [5.41, 5.74) is 6.25. The van der Waals surface area contributed by atoms with Crippen molar-refractivity contribution >= 4 is 22.7 Å². The van der Waals surface area contributed by atoms with Gasteiger partial charge in [0, 0.05) is 11.5 Å². The van der Waals surface area contributed by atoms with Gasteiger partial charge >= 0.3 is 5.97 Å². The monoisotopic (exact) mass is 238 g/mol. The minimum atomic E-state index is -0.624. The molecular formula is C11H11FN2O3. The molecule has 0 radical (unpaired) electrons. The van der Waals surface area contributed by atoms with Gasteiger partial charge in [-0.15, -0.1) is 0 Å². The third kappa shape index (κ3) is 1.67. The second kappa shape index (κ2) is 3.97. The Labute approximate surface area is 96.3 Å². The van der Waals surface area contributed by atoms with Crippen LogP contribution in [0.5, 0.6) is 5.75 Å². The van der Waals surface area contributed by atoms with Crippen LogP contribution in [0.2, 0.25) is 0 Å². The van der Waals surface area contributed by atoms with Crippen LogP contribution in [0.1, 0.15) is 10.4 Å². The zero-order valence-corrected chi connectivity index (χ0v) is 9.33. The summed E-state index contributed by atoms with van der Waals surface area (Å²) < 4.78 is 23.0. The molecule has 2 aromatic rings. The lowest BCUT2D eigenvalue weighted by molar-refractivity contribution is 0.0604. The van der Waals surface area contributed by atoms with E-state index in [-0.39, 0.29) is 17.1 Å². The molecule has 0 unspecified atom stereocenters. The Morgan fingerprint density at radius 3 is 2.71 bits per heavy atom. The summed E-state index contributed by atoms with van der Waals surface area (Å²) in [7, 11) is 2.64. The molecule has 6 heteroatoms. The molecule has 1 aromatic heterocycles. The maximum Gasteiger partial charge on any atom is 0.342 e. The molecule has 0 aliphatic heterocycles. The predicted octanol–water partition coefficient (Wildman–Crippen LogP) is 1.68. The van der Waals surface area contributed by atoms with Crippen LogP contribution in [-0.4, -0.2) is 25.2 Å². The maximum atomic E-state index is 13.4. The van der Waals surface area contributed by atoms with Gasteiger partial charge < -0.3 is 20.2 Å². The zero-order valence-electron chi connectivity index (χ0n) is 9.33. The number of aromatic amines is 1. The van der Waals surface area contributed by atoms with Gasteiger partial charge in [0.15, 0.2) is 0 Å². The van der Waals surface area contributed by atoms with E-state index in [1.165, 1.54) is 26.4 Å². The SMILES string of the molecule is COC(=O)c1c(N)[nH]c2c(OC)cc(F)cc12. The number of esters is 1. The number of methoxy groups -OCH3 is 2. The number of nitrogens with two attached hydrogens (primary N) is 1. The first-order valence-electron chi connectivity index (χ1n) is 4.81. The number of carbonyl (C=O) groups is 1. The first-order valence-corrected chi connectivity index (χ1v) is 4.81. The number of carbonyl (C=O) groups excluding carboxylic acids is 1. The van der Waals surface area contributed by atoms with E-state index in [9.17, 15) is 9.18 Å². The predicted molar refractivity (Wildman–Crippen MR) is 60.6 cm³/mol. The first kappa shape index (κ1) is 11.3. The summed E-state index contributed by atoms with van der Waals surface area (Å²) in [6.45, 7) is 0. The Bertz CT molecular complexity index is 592. The molecule has 0 spiro atoms. The number of rotatable bonds is 2. The second-order valence-electron chi connectivity index (χ2n) is 3.44. The molecule has 1 aromatic carbocycles. The number of ether oxygens (including phenoxy) is 2. The largest absolute Gasteiger partial charge is 0.494 e. The fraction of sp³-hybridized carbons (Fsp3) is 0.182. The summed E-state index contributed by atoms with van der Waals surface area (Å²) >= 11 is 0. The molecule has 0 aliphatic carbocycles. The number of H-pyrrole nitrogens is 1. The average Bonchev–Trinajstić information content (AvgIpc) is 2.63. The number of halogens is 1. The van der Waals surface area contributed by atoms with Crippen LogP contribution >= 0.6 is 0 Å².